The third-order valence-corrected chi connectivity index (χ3v) is 8.04. The Bertz CT molecular complexity index is 1080. The van der Waals surface area contributed by atoms with Crippen LogP contribution in [0.15, 0.2) is 88.2 Å². The summed E-state index contributed by atoms with van der Waals surface area (Å²) in [7, 11) is -2.15. The highest BCUT2D eigenvalue weighted by Gasteiger charge is 2.33. The topological polar surface area (TPSA) is 49.9 Å². The lowest BCUT2D eigenvalue weighted by Gasteiger charge is -2.39. The highest BCUT2D eigenvalue weighted by Crippen LogP contribution is 2.33. The summed E-state index contributed by atoms with van der Waals surface area (Å²) >= 11 is 3.37. The van der Waals surface area contributed by atoms with E-state index in [0.29, 0.717) is 31.9 Å². The maximum absolute atomic E-state index is 13.3. The minimum atomic E-state index is -3.64. The molecule has 0 bridgehead atoms. The molecule has 0 aliphatic carbocycles. The standard InChI is InChI=1S/C24H25BrN2O3S/c1-30-22-18-21(25)12-13-23(22)31(28,29)27-16-14-26(15-17-27)24(19-8-4-2-5-9-19)20-10-6-3-7-11-20/h2-13,18,24H,14-17H2,1H3. The first-order valence-corrected chi connectivity index (χ1v) is 12.4. The molecular weight excluding hydrogens is 476 g/mol. The van der Waals surface area contributed by atoms with Crippen LogP contribution < -0.4 is 4.74 Å². The first kappa shape index (κ1) is 22.0. The molecule has 0 amide bonds. The van der Waals surface area contributed by atoms with E-state index in [9.17, 15) is 8.42 Å². The van der Waals surface area contributed by atoms with E-state index in [2.05, 4.69) is 45.1 Å². The van der Waals surface area contributed by atoms with Crippen molar-refractivity contribution in [1.82, 2.24) is 9.21 Å². The summed E-state index contributed by atoms with van der Waals surface area (Å²) in [5, 5.41) is 0. The summed E-state index contributed by atoms with van der Waals surface area (Å²) in [5.41, 5.74) is 2.42. The number of piperazine rings is 1. The molecule has 3 aromatic rings. The Morgan fingerprint density at radius 1 is 0.839 bits per heavy atom. The SMILES string of the molecule is COc1cc(Br)ccc1S(=O)(=O)N1CCN(C(c2ccccc2)c2ccccc2)CC1. The maximum atomic E-state index is 13.3. The summed E-state index contributed by atoms with van der Waals surface area (Å²) in [6.07, 6.45) is 0. The highest BCUT2D eigenvalue weighted by atomic mass is 79.9. The maximum Gasteiger partial charge on any atom is 0.246 e. The Balaban J connectivity index is 1.57. The van der Waals surface area contributed by atoms with Crippen molar-refractivity contribution in [1.29, 1.82) is 0 Å². The molecule has 0 atom stereocenters. The molecular formula is C24H25BrN2O3S. The van der Waals surface area contributed by atoms with E-state index in [1.54, 1.807) is 22.5 Å². The molecule has 1 heterocycles. The average molecular weight is 501 g/mol. The zero-order chi connectivity index (χ0) is 21.8. The van der Waals surface area contributed by atoms with Gasteiger partial charge >= 0.3 is 0 Å². The molecule has 0 unspecified atom stereocenters. The van der Waals surface area contributed by atoms with Crippen molar-refractivity contribution < 1.29 is 13.2 Å². The summed E-state index contributed by atoms with van der Waals surface area (Å²) in [6, 6.07) is 25.9. The van der Waals surface area contributed by atoms with Crippen molar-refractivity contribution >= 4 is 26.0 Å². The minimum Gasteiger partial charge on any atom is -0.495 e. The van der Waals surface area contributed by atoms with Gasteiger partial charge in [-0.25, -0.2) is 8.42 Å². The molecule has 4 rings (SSSR count). The predicted octanol–water partition coefficient (Wildman–Crippen LogP) is 4.55. The molecule has 1 saturated heterocycles. The molecule has 0 radical (unpaired) electrons. The van der Waals surface area contributed by atoms with Crippen LogP contribution in [0, 0.1) is 0 Å². The van der Waals surface area contributed by atoms with Gasteiger partial charge in [0.2, 0.25) is 10.0 Å². The van der Waals surface area contributed by atoms with Gasteiger partial charge in [-0.3, -0.25) is 4.90 Å². The first-order chi connectivity index (χ1) is 15.0. The van der Waals surface area contributed by atoms with Crippen molar-refractivity contribution in [3.8, 4) is 5.75 Å². The van der Waals surface area contributed by atoms with Gasteiger partial charge in [0.15, 0.2) is 0 Å². The van der Waals surface area contributed by atoms with Crippen molar-refractivity contribution in [3.05, 3.63) is 94.5 Å². The van der Waals surface area contributed by atoms with Gasteiger partial charge in [0.1, 0.15) is 10.6 Å². The fourth-order valence-electron chi connectivity index (χ4n) is 4.08. The quantitative estimate of drug-likeness (QED) is 0.497. The molecule has 7 heteroatoms. The summed E-state index contributed by atoms with van der Waals surface area (Å²) < 4.78 is 34.3. The molecule has 1 fully saturated rings. The van der Waals surface area contributed by atoms with Gasteiger partial charge in [-0.1, -0.05) is 76.6 Å². The Hall–Kier alpha value is -2.19. The van der Waals surface area contributed by atoms with Crippen LogP contribution in [0.25, 0.3) is 0 Å². The molecule has 0 saturated carbocycles. The second-order valence-electron chi connectivity index (χ2n) is 7.46. The van der Waals surface area contributed by atoms with E-state index >= 15 is 0 Å². The van der Waals surface area contributed by atoms with Crippen LogP contribution in [0.4, 0.5) is 0 Å². The zero-order valence-corrected chi connectivity index (χ0v) is 19.7. The number of methoxy groups -OCH3 is 1. The van der Waals surface area contributed by atoms with Gasteiger partial charge in [-0.2, -0.15) is 4.31 Å². The van der Waals surface area contributed by atoms with Crippen molar-refractivity contribution in [2.75, 3.05) is 33.3 Å². The molecule has 1 aliphatic rings. The van der Waals surface area contributed by atoms with E-state index in [1.165, 1.54) is 18.2 Å². The molecule has 0 N–H and O–H groups in total. The Morgan fingerprint density at radius 2 is 1.39 bits per heavy atom. The molecule has 5 nitrogen and oxygen atoms in total. The number of rotatable bonds is 6. The number of hydrogen-bond donors (Lipinski definition) is 0. The third kappa shape index (κ3) is 4.70. The van der Waals surface area contributed by atoms with E-state index in [1.807, 2.05) is 36.4 Å². The number of nitrogens with zero attached hydrogens (tertiary/aromatic N) is 2. The van der Waals surface area contributed by atoms with Crippen LogP contribution in [-0.4, -0.2) is 50.9 Å². The van der Waals surface area contributed by atoms with E-state index in [-0.39, 0.29) is 10.9 Å². The van der Waals surface area contributed by atoms with E-state index < -0.39 is 10.0 Å². The lowest BCUT2D eigenvalue weighted by atomic mass is 9.96. The zero-order valence-electron chi connectivity index (χ0n) is 17.3. The predicted molar refractivity (Wildman–Crippen MR) is 126 cm³/mol. The van der Waals surface area contributed by atoms with Gasteiger partial charge in [-0.05, 0) is 29.3 Å². The number of sulfonamides is 1. The van der Waals surface area contributed by atoms with Crippen LogP contribution in [0.1, 0.15) is 17.2 Å². The monoisotopic (exact) mass is 500 g/mol. The van der Waals surface area contributed by atoms with Crippen LogP contribution in [-0.2, 0) is 10.0 Å². The Morgan fingerprint density at radius 3 is 1.90 bits per heavy atom. The summed E-state index contributed by atoms with van der Waals surface area (Å²) in [4.78, 5) is 2.56. The molecule has 162 valence electrons. The lowest BCUT2D eigenvalue weighted by molar-refractivity contribution is 0.155. The normalized spacial score (nSPS) is 15.8. The first-order valence-electron chi connectivity index (χ1n) is 10.2. The van der Waals surface area contributed by atoms with Gasteiger partial charge in [0.25, 0.3) is 0 Å². The molecule has 31 heavy (non-hydrogen) atoms. The van der Waals surface area contributed by atoms with Crippen LogP contribution in [0.5, 0.6) is 5.75 Å². The average Bonchev–Trinajstić information content (AvgIpc) is 2.81. The largest absolute Gasteiger partial charge is 0.495 e. The smallest absolute Gasteiger partial charge is 0.246 e. The number of benzene rings is 3. The lowest BCUT2D eigenvalue weighted by Crippen LogP contribution is -2.49. The van der Waals surface area contributed by atoms with Gasteiger partial charge in [0, 0.05) is 30.7 Å². The summed E-state index contributed by atoms with van der Waals surface area (Å²) in [5.74, 6) is 0.350. The van der Waals surface area contributed by atoms with Crippen LogP contribution in [0.2, 0.25) is 0 Å². The number of hydrogen-bond acceptors (Lipinski definition) is 4. The van der Waals surface area contributed by atoms with E-state index in [4.69, 9.17) is 4.74 Å². The van der Waals surface area contributed by atoms with Crippen molar-refractivity contribution in [2.45, 2.75) is 10.9 Å². The molecule has 0 aromatic heterocycles. The second kappa shape index (κ2) is 9.53. The van der Waals surface area contributed by atoms with E-state index in [0.717, 1.165) is 4.47 Å². The number of ether oxygens (including phenoxy) is 1. The molecule has 1 aliphatic heterocycles. The fourth-order valence-corrected chi connectivity index (χ4v) is 5.98. The highest BCUT2D eigenvalue weighted by molar-refractivity contribution is 9.10. The molecule has 0 spiro atoms. The van der Waals surface area contributed by atoms with Crippen LogP contribution in [0.3, 0.4) is 0 Å². The Labute approximate surface area is 192 Å². The van der Waals surface area contributed by atoms with Crippen molar-refractivity contribution in [3.63, 3.8) is 0 Å². The van der Waals surface area contributed by atoms with Gasteiger partial charge < -0.3 is 4.74 Å². The van der Waals surface area contributed by atoms with Gasteiger partial charge in [0.05, 0.1) is 13.2 Å². The Kier molecular flexibility index (Phi) is 6.77. The van der Waals surface area contributed by atoms with Gasteiger partial charge in [-0.15, -0.1) is 0 Å². The minimum absolute atomic E-state index is 0.0921. The third-order valence-electron chi connectivity index (χ3n) is 5.61. The number of halogens is 1. The molecule has 3 aromatic carbocycles. The fraction of sp³-hybridized carbons (Fsp3) is 0.250. The van der Waals surface area contributed by atoms with Crippen molar-refractivity contribution in [2.24, 2.45) is 0 Å². The second-order valence-corrected chi connectivity index (χ2v) is 10.3. The summed E-state index contributed by atoms with van der Waals surface area (Å²) in [6.45, 7) is 2.15. The van der Waals surface area contributed by atoms with Crippen LogP contribution >= 0.6 is 15.9 Å².